The minimum atomic E-state index is 0.0912. The highest BCUT2D eigenvalue weighted by Gasteiger charge is 2.27. The molecule has 1 atom stereocenters. The van der Waals surface area contributed by atoms with Crippen LogP contribution < -0.4 is 5.56 Å². The van der Waals surface area contributed by atoms with Crippen molar-refractivity contribution < 1.29 is 0 Å². The number of aromatic nitrogens is 2. The van der Waals surface area contributed by atoms with Crippen molar-refractivity contribution >= 4 is 0 Å². The first-order valence-corrected chi connectivity index (χ1v) is 7.66. The van der Waals surface area contributed by atoms with Crippen LogP contribution in [0.15, 0.2) is 4.79 Å². The highest BCUT2D eigenvalue weighted by Crippen LogP contribution is 2.22. The van der Waals surface area contributed by atoms with Gasteiger partial charge in [0.05, 0.1) is 11.7 Å². The van der Waals surface area contributed by atoms with Gasteiger partial charge >= 0.3 is 0 Å². The van der Waals surface area contributed by atoms with Crippen molar-refractivity contribution in [2.45, 2.75) is 38.1 Å². The Balaban J connectivity index is 1.96. The molecule has 1 N–H and O–H groups in total. The van der Waals surface area contributed by atoms with Crippen LogP contribution in [0, 0.1) is 0 Å². The molecule has 1 fully saturated rings. The monoisotopic (exact) mass is 276 g/mol. The van der Waals surface area contributed by atoms with E-state index >= 15 is 0 Å². The van der Waals surface area contributed by atoms with Gasteiger partial charge in [-0.3, -0.25) is 9.69 Å². The van der Waals surface area contributed by atoms with E-state index < -0.39 is 0 Å². The molecule has 0 spiro atoms. The van der Waals surface area contributed by atoms with Crippen molar-refractivity contribution in [3.63, 3.8) is 0 Å². The molecule has 2 heterocycles. The summed E-state index contributed by atoms with van der Waals surface area (Å²) in [5, 5.41) is 0. The molecule has 1 aliphatic carbocycles. The van der Waals surface area contributed by atoms with Crippen LogP contribution in [0.2, 0.25) is 0 Å². The van der Waals surface area contributed by atoms with Gasteiger partial charge in [0, 0.05) is 25.2 Å². The second-order valence-electron chi connectivity index (χ2n) is 6.20. The van der Waals surface area contributed by atoms with Gasteiger partial charge in [-0.25, -0.2) is 4.98 Å². The molecule has 5 heteroatoms. The molecule has 1 aliphatic heterocycles. The Labute approximate surface area is 120 Å². The molecule has 0 aromatic carbocycles. The molecule has 1 aromatic heterocycles. The molecule has 1 aromatic rings. The Morgan fingerprint density at radius 2 is 1.95 bits per heavy atom. The summed E-state index contributed by atoms with van der Waals surface area (Å²) in [6.45, 7) is 3.02. The van der Waals surface area contributed by atoms with Crippen molar-refractivity contribution in [2.75, 3.05) is 33.7 Å². The number of nitrogens with one attached hydrogen (secondary N) is 1. The maximum absolute atomic E-state index is 12.3. The van der Waals surface area contributed by atoms with E-state index in [9.17, 15) is 4.79 Å². The number of rotatable bonds is 1. The molecule has 5 nitrogen and oxygen atoms in total. The van der Waals surface area contributed by atoms with E-state index in [0.29, 0.717) is 0 Å². The molecule has 1 saturated heterocycles. The van der Waals surface area contributed by atoms with Gasteiger partial charge in [0.25, 0.3) is 5.56 Å². The average Bonchev–Trinajstić information content (AvgIpc) is 2.67. The van der Waals surface area contributed by atoms with Crippen molar-refractivity contribution in [1.29, 1.82) is 0 Å². The lowest BCUT2D eigenvalue weighted by molar-refractivity contribution is 0.109. The molecule has 20 heavy (non-hydrogen) atoms. The number of fused-ring (bicyclic) bond motifs is 1. The largest absolute Gasteiger partial charge is 0.309 e. The van der Waals surface area contributed by atoms with E-state index in [2.05, 4.69) is 28.9 Å². The molecule has 3 rings (SSSR count). The third-order valence-corrected chi connectivity index (χ3v) is 4.63. The zero-order valence-electron chi connectivity index (χ0n) is 12.5. The fourth-order valence-electron chi connectivity index (χ4n) is 3.26. The lowest BCUT2D eigenvalue weighted by Gasteiger charge is -2.37. The van der Waals surface area contributed by atoms with Gasteiger partial charge in [0.2, 0.25) is 0 Å². The minimum absolute atomic E-state index is 0.0912. The summed E-state index contributed by atoms with van der Waals surface area (Å²) in [6, 6.07) is 0.204. The third-order valence-electron chi connectivity index (χ3n) is 4.63. The Bertz CT molecular complexity index is 539. The fourth-order valence-corrected chi connectivity index (χ4v) is 3.26. The Kier molecular flexibility index (Phi) is 3.89. The lowest BCUT2D eigenvalue weighted by Crippen LogP contribution is -2.46. The second kappa shape index (κ2) is 5.66. The van der Waals surface area contributed by atoms with Crippen LogP contribution in [0.5, 0.6) is 0 Å². The summed E-state index contributed by atoms with van der Waals surface area (Å²) in [5.41, 5.74) is 2.06. The zero-order chi connectivity index (χ0) is 14.1. The first kappa shape index (κ1) is 13.8. The van der Waals surface area contributed by atoms with Gasteiger partial charge in [-0.15, -0.1) is 0 Å². The summed E-state index contributed by atoms with van der Waals surface area (Å²) in [4.78, 5) is 24.8. The molecular weight excluding hydrogens is 252 g/mol. The Hall–Kier alpha value is -1.20. The minimum Gasteiger partial charge on any atom is -0.309 e. The smallest absolute Gasteiger partial charge is 0.254 e. The predicted molar refractivity (Wildman–Crippen MR) is 79.0 cm³/mol. The van der Waals surface area contributed by atoms with Gasteiger partial charge in [0.15, 0.2) is 0 Å². The molecule has 0 radical (unpaired) electrons. The van der Waals surface area contributed by atoms with E-state index in [0.717, 1.165) is 62.4 Å². The molecule has 0 bridgehead atoms. The summed E-state index contributed by atoms with van der Waals surface area (Å²) in [6.07, 6.45) is 5.32. The van der Waals surface area contributed by atoms with Gasteiger partial charge < -0.3 is 9.88 Å². The number of hydrogen-bond donors (Lipinski definition) is 1. The first-order chi connectivity index (χ1) is 9.65. The highest BCUT2D eigenvalue weighted by molar-refractivity contribution is 5.20. The van der Waals surface area contributed by atoms with Crippen molar-refractivity contribution in [3.8, 4) is 0 Å². The second-order valence-corrected chi connectivity index (χ2v) is 6.20. The van der Waals surface area contributed by atoms with Crippen molar-refractivity contribution in [1.82, 2.24) is 19.8 Å². The van der Waals surface area contributed by atoms with E-state index in [1.165, 1.54) is 6.42 Å². The van der Waals surface area contributed by atoms with Gasteiger partial charge in [-0.2, -0.15) is 0 Å². The number of hydrogen-bond acceptors (Lipinski definition) is 4. The predicted octanol–water partition coefficient (Wildman–Crippen LogP) is 0.957. The third kappa shape index (κ3) is 2.65. The summed E-state index contributed by atoms with van der Waals surface area (Å²) in [7, 11) is 4.24. The lowest BCUT2D eigenvalue weighted by atomic mass is 10.1. The number of nitrogens with zero attached hydrogens (tertiary/aromatic N) is 3. The summed E-state index contributed by atoms with van der Waals surface area (Å²) >= 11 is 0. The fraction of sp³-hybridized carbons (Fsp3) is 0.733. The van der Waals surface area contributed by atoms with Crippen LogP contribution in [-0.2, 0) is 12.8 Å². The van der Waals surface area contributed by atoms with E-state index in [1.54, 1.807) is 0 Å². The standard InChI is InChI=1S/C15H24N4O/c1-18-8-9-19(2)13(10-18)14-16-12-7-5-3-4-6-11(12)15(20)17-14/h13H,3-10H2,1-2H3,(H,16,17,20). The summed E-state index contributed by atoms with van der Waals surface area (Å²) in [5.74, 6) is 0.852. The first-order valence-electron chi connectivity index (χ1n) is 7.66. The Morgan fingerprint density at radius 1 is 1.15 bits per heavy atom. The van der Waals surface area contributed by atoms with Gasteiger partial charge in [-0.05, 0) is 39.8 Å². The number of likely N-dealkylation sites (N-methyl/N-ethyl adjacent to an activating group) is 2. The number of piperazine rings is 1. The van der Waals surface area contributed by atoms with E-state index in [1.807, 2.05) is 0 Å². The highest BCUT2D eigenvalue weighted by atomic mass is 16.1. The van der Waals surface area contributed by atoms with Crippen LogP contribution in [-0.4, -0.2) is 53.5 Å². The molecule has 110 valence electrons. The van der Waals surface area contributed by atoms with Crippen molar-refractivity contribution in [3.05, 3.63) is 27.4 Å². The molecule has 2 aliphatic rings. The molecule has 1 unspecified atom stereocenters. The summed E-state index contributed by atoms with van der Waals surface area (Å²) < 4.78 is 0. The SMILES string of the molecule is CN1CCN(C)C(c2nc3c(c(=O)[nH]2)CCCCC3)C1. The van der Waals surface area contributed by atoms with Crippen molar-refractivity contribution in [2.24, 2.45) is 0 Å². The average molecular weight is 276 g/mol. The van der Waals surface area contributed by atoms with E-state index in [-0.39, 0.29) is 11.6 Å². The van der Waals surface area contributed by atoms with Crippen LogP contribution in [0.4, 0.5) is 0 Å². The maximum atomic E-state index is 12.3. The number of aromatic amines is 1. The van der Waals surface area contributed by atoms with Crippen LogP contribution in [0.1, 0.15) is 42.4 Å². The maximum Gasteiger partial charge on any atom is 0.254 e. The quantitative estimate of drug-likeness (QED) is 0.776. The molecule has 0 saturated carbocycles. The van der Waals surface area contributed by atoms with Crippen LogP contribution in [0.3, 0.4) is 0 Å². The zero-order valence-corrected chi connectivity index (χ0v) is 12.5. The molecular formula is C15H24N4O. The van der Waals surface area contributed by atoms with Crippen LogP contribution in [0.25, 0.3) is 0 Å². The van der Waals surface area contributed by atoms with Gasteiger partial charge in [0.1, 0.15) is 5.82 Å². The van der Waals surface area contributed by atoms with Gasteiger partial charge in [-0.1, -0.05) is 6.42 Å². The number of aryl methyl sites for hydroxylation is 1. The Morgan fingerprint density at radius 3 is 2.80 bits per heavy atom. The molecule has 0 amide bonds. The normalized spacial score (nSPS) is 25.2. The van der Waals surface area contributed by atoms with E-state index in [4.69, 9.17) is 4.98 Å². The topological polar surface area (TPSA) is 52.2 Å². The van der Waals surface area contributed by atoms with Crippen LogP contribution >= 0.6 is 0 Å². The number of H-pyrrole nitrogens is 1.